The van der Waals surface area contributed by atoms with Crippen molar-refractivity contribution in [2.75, 3.05) is 11.4 Å². The zero-order chi connectivity index (χ0) is 12.5. The molecule has 4 nitrogen and oxygen atoms in total. The number of amides is 1. The van der Waals surface area contributed by atoms with Crippen LogP contribution in [0.3, 0.4) is 0 Å². The maximum absolute atomic E-state index is 12.3. The van der Waals surface area contributed by atoms with Gasteiger partial charge in [0.05, 0.1) is 5.54 Å². The fourth-order valence-electron chi connectivity index (χ4n) is 2.14. The molecule has 1 aromatic rings. The van der Waals surface area contributed by atoms with E-state index in [4.69, 9.17) is 5.73 Å². The lowest BCUT2D eigenvalue weighted by atomic mass is 9.76. The number of hydrogen-bond acceptors (Lipinski definition) is 3. The van der Waals surface area contributed by atoms with Gasteiger partial charge in [-0.05, 0) is 38.3 Å². The molecule has 1 fully saturated rings. The molecule has 4 heteroatoms. The van der Waals surface area contributed by atoms with Crippen LogP contribution in [0.2, 0.25) is 0 Å². The summed E-state index contributed by atoms with van der Waals surface area (Å²) in [6.07, 6.45) is 2.52. The van der Waals surface area contributed by atoms with Crippen LogP contribution in [-0.4, -0.2) is 23.1 Å². The number of hydrogen-bond donors (Lipinski definition) is 2. The first kappa shape index (κ1) is 11.9. The Kier molecular flexibility index (Phi) is 3.07. The Bertz CT molecular complexity index is 427. The van der Waals surface area contributed by atoms with Crippen LogP contribution in [0.15, 0.2) is 24.3 Å². The number of benzene rings is 1. The number of phenolic OH excluding ortho intramolecular Hbond substituents is 1. The minimum atomic E-state index is -0.693. The van der Waals surface area contributed by atoms with Crippen LogP contribution in [0.4, 0.5) is 5.69 Å². The highest BCUT2D eigenvalue weighted by Crippen LogP contribution is 2.33. The lowest BCUT2D eigenvalue weighted by Crippen LogP contribution is -2.59. The minimum absolute atomic E-state index is 0.0446. The van der Waals surface area contributed by atoms with Gasteiger partial charge in [0.15, 0.2) is 0 Å². The quantitative estimate of drug-likeness (QED) is 0.835. The van der Waals surface area contributed by atoms with Gasteiger partial charge in [0.2, 0.25) is 5.91 Å². The first-order chi connectivity index (χ1) is 8.07. The molecular weight excluding hydrogens is 216 g/mol. The number of nitrogens with zero attached hydrogens (tertiary/aromatic N) is 1. The van der Waals surface area contributed by atoms with Crippen molar-refractivity contribution in [3.8, 4) is 5.75 Å². The molecule has 0 aromatic heterocycles. The molecule has 1 aliphatic rings. The molecule has 0 radical (unpaired) electrons. The van der Waals surface area contributed by atoms with Gasteiger partial charge < -0.3 is 15.7 Å². The van der Waals surface area contributed by atoms with Gasteiger partial charge in [-0.15, -0.1) is 0 Å². The largest absolute Gasteiger partial charge is 0.508 e. The van der Waals surface area contributed by atoms with Crippen LogP contribution in [0, 0.1) is 0 Å². The van der Waals surface area contributed by atoms with Crippen molar-refractivity contribution in [2.45, 2.75) is 31.7 Å². The van der Waals surface area contributed by atoms with E-state index in [9.17, 15) is 9.90 Å². The number of likely N-dealkylation sites (N-methyl/N-ethyl adjacent to an activating group) is 1. The molecule has 92 valence electrons. The van der Waals surface area contributed by atoms with Gasteiger partial charge in [-0.3, -0.25) is 4.79 Å². The Morgan fingerprint density at radius 1 is 1.53 bits per heavy atom. The number of carbonyl (C=O) groups excluding carboxylic acids is 1. The lowest BCUT2D eigenvalue weighted by molar-refractivity contribution is -0.126. The van der Waals surface area contributed by atoms with E-state index in [2.05, 4.69) is 0 Å². The summed E-state index contributed by atoms with van der Waals surface area (Å²) >= 11 is 0. The third-order valence-corrected chi connectivity index (χ3v) is 3.37. The molecule has 3 N–H and O–H groups in total. The summed E-state index contributed by atoms with van der Waals surface area (Å²) in [6, 6.07) is 6.71. The predicted molar refractivity (Wildman–Crippen MR) is 66.9 cm³/mol. The zero-order valence-electron chi connectivity index (χ0n) is 10.0. The van der Waals surface area contributed by atoms with Crippen LogP contribution in [0.5, 0.6) is 5.75 Å². The zero-order valence-corrected chi connectivity index (χ0v) is 10.0. The number of anilines is 1. The van der Waals surface area contributed by atoms with E-state index >= 15 is 0 Å². The monoisotopic (exact) mass is 234 g/mol. The molecule has 0 bridgehead atoms. The number of rotatable bonds is 3. The van der Waals surface area contributed by atoms with E-state index in [-0.39, 0.29) is 11.7 Å². The summed E-state index contributed by atoms with van der Waals surface area (Å²) in [7, 11) is 0. The van der Waals surface area contributed by atoms with Crippen LogP contribution in [0.25, 0.3) is 0 Å². The number of nitrogens with two attached hydrogens (primary N) is 1. The predicted octanol–water partition coefficient (Wildman–Crippen LogP) is 1.63. The van der Waals surface area contributed by atoms with E-state index in [1.165, 1.54) is 0 Å². The molecule has 1 aromatic carbocycles. The summed E-state index contributed by atoms with van der Waals surface area (Å²) in [5, 5.41) is 9.44. The number of carbonyl (C=O) groups is 1. The van der Waals surface area contributed by atoms with E-state index in [0.717, 1.165) is 19.3 Å². The lowest BCUT2D eigenvalue weighted by Gasteiger charge is -2.40. The van der Waals surface area contributed by atoms with Gasteiger partial charge in [0.1, 0.15) is 5.75 Å². The molecule has 1 amide bonds. The molecular formula is C13H18N2O2. The van der Waals surface area contributed by atoms with Gasteiger partial charge in [-0.25, -0.2) is 0 Å². The summed E-state index contributed by atoms with van der Waals surface area (Å²) in [6.45, 7) is 2.46. The second kappa shape index (κ2) is 4.37. The van der Waals surface area contributed by atoms with Crippen molar-refractivity contribution < 1.29 is 9.90 Å². The molecule has 2 rings (SSSR count). The molecule has 0 aliphatic heterocycles. The van der Waals surface area contributed by atoms with Crippen molar-refractivity contribution >= 4 is 11.6 Å². The van der Waals surface area contributed by atoms with Crippen molar-refractivity contribution in [2.24, 2.45) is 5.73 Å². The summed E-state index contributed by atoms with van der Waals surface area (Å²) in [4.78, 5) is 13.9. The number of aromatic hydroxyl groups is 1. The highest BCUT2D eigenvalue weighted by molar-refractivity contribution is 6.00. The van der Waals surface area contributed by atoms with E-state index in [1.54, 1.807) is 23.1 Å². The second-order valence-corrected chi connectivity index (χ2v) is 4.58. The van der Waals surface area contributed by atoms with Crippen molar-refractivity contribution in [1.29, 1.82) is 0 Å². The Labute approximate surface area is 101 Å². The molecule has 0 heterocycles. The summed E-state index contributed by atoms with van der Waals surface area (Å²) in [5.74, 6) is 0.116. The third-order valence-electron chi connectivity index (χ3n) is 3.37. The average molecular weight is 234 g/mol. The summed E-state index contributed by atoms with van der Waals surface area (Å²) in [5.41, 5.74) is 6.05. The first-order valence-corrected chi connectivity index (χ1v) is 5.97. The Morgan fingerprint density at radius 2 is 2.24 bits per heavy atom. The topological polar surface area (TPSA) is 66.6 Å². The van der Waals surface area contributed by atoms with Crippen molar-refractivity contribution in [3.05, 3.63) is 24.3 Å². The van der Waals surface area contributed by atoms with E-state index in [0.29, 0.717) is 12.2 Å². The van der Waals surface area contributed by atoms with Crippen LogP contribution in [-0.2, 0) is 4.79 Å². The molecule has 0 saturated heterocycles. The molecule has 0 spiro atoms. The van der Waals surface area contributed by atoms with Crippen molar-refractivity contribution in [1.82, 2.24) is 0 Å². The molecule has 1 saturated carbocycles. The fraction of sp³-hybridized carbons (Fsp3) is 0.462. The molecule has 17 heavy (non-hydrogen) atoms. The first-order valence-electron chi connectivity index (χ1n) is 5.97. The van der Waals surface area contributed by atoms with Gasteiger partial charge in [0.25, 0.3) is 0 Å². The second-order valence-electron chi connectivity index (χ2n) is 4.58. The normalized spacial score (nSPS) is 17.3. The van der Waals surface area contributed by atoms with E-state index in [1.807, 2.05) is 13.0 Å². The van der Waals surface area contributed by atoms with Gasteiger partial charge in [-0.1, -0.05) is 6.07 Å². The van der Waals surface area contributed by atoms with E-state index < -0.39 is 5.54 Å². The minimum Gasteiger partial charge on any atom is -0.508 e. The Hall–Kier alpha value is -1.55. The molecule has 1 aliphatic carbocycles. The van der Waals surface area contributed by atoms with Gasteiger partial charge >= 0.3 is 0 Å². The SMILES string of the molecule is CCN(C(=O)C1(N)CCC1)c1cccc(O)c1. The molecule has 0 atom stereocenters. The summed E-state index contributed by atoms with van der Waals surface area (Å²) < 4.78 is 0. The molecule has 0 unspecified atom stereocenters. The third kappa shape index (κ3) is 2.13. The standard InChI is InChI=1S/C13H18N2O2/c1-2-15(10-5-3-6-11(16)9-10)12(17)13(14)7-4-8-13/h3,5-6,9,16H,2,4,7-8,14H2,1H3. The van der Waals surface area contributed by atoms with Crippen molar-refractivity contribution in [3.63, 3.8) is 0 Å². The highest BCUT2D eigenvalue weighted by Gasteiger charge is 2.42. The number of phenols is 1. The van der Waals surface area contributed by atoms with Crippen LogP contribution < -0.4 is 10.6 Å². The maximum Gasteiger partial charge on any atom is 0.247 e. The van der Waals surface area contributed by atoms with Gasteiger partial charge in [0, 0.05) is 18.3 Å². The highest BCUT2D eigenvalue weighted by atomic mass is 16.3. The average Bonchev–Trinajstić information content (AvgIpc) is 2.27. The fourth-order valence-corrected chi connectivity index (χ4v) is 2.14. The Morgan fingerprint density at radius 3 is 2.71 bits per heavy atom. The smallest absolute Gasteiger partial charge is 0.247 e. The maximum atomic E-state index is 12.3. The van der Waals surface area contributed by atoms with Gasteiger partial charge in [-0.2, -0.15) is 0 Å². The Balaban J connectivity index is 2.24. The van der Waals surface area contributed by atoms with Crippen LogP contribution in [0.1, 0.15) is 26.2 Å². The van der Waals surface area contributed by atoms with Crippen LogP contribution >= 0.6 is 0 Å².